The quantitative estimate of drug-likeness (QED) is 0.456. The van der Waals surface area contributed by atoms with Crippen molar-refractivity contribution in [2.75, 3.05) is 24.7 Å². The van der Waals surface area contributed by atoms with Crippen LogP contribution in [0, 0.1) is 11.8 Å². The first-order valence-corrected chi connectivity index (χ1v) is 11.6. The van der Waals surface area contributed by atoms with Crippen LogP contribution in [-0.4, -0.2) is 71.3 Å². The van der Waals surface area contributed by atoms with Gasteiger partial charge in [0.15, 0.2) is 0 Å². The third-order valence-electron chi connectivity index (χ3n) is 6.99. The number of rotatable bonds is 8. The lowest BCUT2D eigenvalue weighted by atomic mass is 9.70. The first kappa shape index (κ1) is 23.7. The SMILES string of the molecule is C=CCN(C(=O)[C@@H]1N([C@H](C)CO)C(=O)[C@H]2[C@H](C(=O)OCC)[C@@H]3CC[C@]12O3)c1ccc(Cl)cc1. The number of ether oxygens (including phenoxy) is 2. The van der Waals surface area contributed by atoms with Crippen LogP contribution in [-0.2, 0) is 23.9 Å². The minimum Gasteiger partial charge on any atom is -0.466 e. The number of benzene rings is 1. The van der Waals surface area contributed by atoms with Gasteiger partial charge in [-0.25, -0.2) is 0 Å². The van der Waals surface area contributed by atoms with E-state index in [-0.39, 0.29) is 31.6 Å². The van der Waals surface area contributed by atoms with Crippen molar-refractivity contribution in [3.05, 3.63) is 41.9 Å². The maximum Gasteiger partial charge on any atom is 0.312 e. The number of aliphatic hydroxyl groups is 1. The van der Waals surface area contributed by atoms with E-state index in [1.165, 1.54) is 9.80 Å². The summed E-state index contributed by atoms with van der Waals surface area (Å²) in [7, 11) is 0. The van der Waals surface area contributed by atoms with Crippen molar-refractivity contribution in [2.45, 2.75) is 50.5 Å². The van der Waals surface area contributed by atoms with Crippen LogP contribution in [0.5, 0.6) is 0 Å². The molecule has 4 rings (SSSR count). The Hall–Kier alpha value is -2.42. The third-order valence-corrected chi connectivity index (χ3v) is 7.24. The molecule has 1 aromatic rings. The summed E-state index contributed by atoms with van der Waals surface area (Å²) >= 11 is 6.03. The average molecular weight is 477 g/mol. The van der Waals surface area contributed by atoms with Crippen molar-refractivity contribution in [1.82, 2.24) is 4.90 Å². The number of carbonyl (C=O) groups is 3. The number of hydrogen-bond donors (Lipinski definition) is 1. The Kier molecular flexibility index (Phi) is 6.53. The number of anilines is 1. The maximum absolute atomic E-state index is 14.1. The van der Waals surface area contributed by atoms with E-state index in [1.807, 2.05) is 0 Å². The van der Waals surface area contributed by atoms with Gasteiger partial charge in [-0.3, -0.25) is 14.4 Å². The number of hydrogen-bond acceptors (Lipinski definition) is 6. The van der Waals surface area contributed by atoms with Crippen LogP contribution in [0.2, 0.25) is 5.02 Å². The molecule has 0 radical (unpaired) electrons. The number of nitrogens with zero attached hydrogens (tertiary/aromatic N) is 2. The molecule has 33 heavy (non-hydrogen) atoms. The highest BCUT2D eigenvalue weighted by Gasteiger charge is 2.75. The highest BCUT2D eigenvalue weighted by atomic mass is 35.5. The van der Waals surface area contributed by atoms with Gasteiger partial charge in [-0.15, -0.1) is 6.58 Å². The van der Waals surface area contributed by atoms with E-state index in [9.17, 15) is 19.5 Å². The average Bonchev–Trinajstić information content (AvgIpc) is 3.45. The molecule has 3 aliphatic rings. The fourth-order valence-electron chi connectivity index (χ4n) is 5.66. The number of likely N-dealkylation sites (tertiary alicyclic amines) is 1. The van der Waals surface area contributed by atoms with Gasteiger partial charge in [0.2, 0.25) is 5.91 Å². The van der Waals surface area contributed by atoms with E-state index in [0.29, 0.717) is 23.6 Å². The lowest BCUT2D eigenvalue weighted by molar-refractivity contribution is -0.155. The van der Waals surface area contributed by atoms with Gasteiger partial charge in [0.05, 0.1) is 37.2 Å². The van der Waals surface area contributed by atoms with Crippen LogP contribution in [0.25, 0.3) is 0 Å². The predicted octanol–water partition coefficient (Wildman–Crippen LogP) is 2.18. The lowest BCUT2D eigenvalue weighted by Crippen LogP contribution is -2.58. The molecule has 8 nitrogen and oxygen atoms in total. The summed E-state index contributed by atoms with van der Waals surface area (Å²) in [5.74, 6) is -2.77. The monoisotopic (exact) mass is 476 g/mol. The minimum atomic E-state index is -1.15. The summed E-state index contributed by atoms with van der Waals surface area (Å²) in [5, 5.41) is 10.4. The van der Waals surface area contributed by atoms with E-state index in [1.54, 1.807) is 44.2 Å². The van der Waals surface area contributed by atoms with Crippen molar-refractivity contribution in [3.63, 3.8) is 0 Å². The summed E-state index contributed by atoms with van der Waals surface area (Å²) in [6.07, 6.45) is 2.16. The van der Waals surface area contributed by atoms with Gasteiger partial charge >= 0.3 is 5.97 Å². The molecule has 0 aromatic heterocycles. The highest BCUT2D eigenvalue weighted by molar-refractivity contribution is 6.30. The summed E-state index contributed by atoms with van der Waals surface area (Å²) in [6.45, 7) is 7.24. The van der Waals surface area contributed by atoms with Crippen molar-refractivity contribution in [1.29, 1.82) is 0 Å². The Bertz CT molecular complexity index is 953. The van der Waals surface area contributed by atoms with E-state index in [4.69, 9.17) is 21.1 Å². The molecule has 3 heterocycles. The third kappa shape index (κ3) is 3.64. The second kappa shape index (κ2) is 9.08. The zero-order valence-corrected chi connectivity index (χ0v) is 19.5. The number of halogens is 1. The molecule has 2 bridgehead atoms. The fourth-order valence-corrected chi connectivity index (χ4v) is 5.79. The van der Waals surface area contributed by atoms with Crippen molar-refractivity contribution in [3.8, 4) is 0 Å². The topological polar surface area (TPSA) is 96.4 Å². The highest BCUT2D eigenvalue weighted by Crippen LogP contribution is 2.59. The van der Waals surface area contributed by atoms with Gasteiger partial charge in [0.25, 0.3) is 5.91 Å². The molecular formula is C24H29ClN2O6. The Morgan fingerprint density at radius 3 is 2.73 bits per heavy atom. The molecule has 3 fully saturated rings. The van der Waals surface area contributed by atoms with Crippen molar-refractivity contribution < 1.29 is 29.0 Å². The molecule has 2 amide bonds. The van der Waals surface area contributed by atoms with Gasteiger partial charge in [-0.05, 0) is 51.0 Å². The molecule has 0 unspecified atom stereocenters. The van der Waals surface area contributed by atoms with E-state index in [2.05, 4.69) is 6.58 Å². The molecule has 6 atom stereocenters. The molecule has 178 valence electrons. The Morgan fingerprint density at radius 2 is 2.12 bits per heavy atom. The first-order valence-electron chi connectivity index (χ1n) is 11.3. The van der Waals surface area contributed by atoms with Crippen LogP contribution in [0.4, 0.5) is 5.69 Å². The molecule has 1 N–H and O–H groups in total. The van der Waals surface area contributed by atoms with E-state index in [0.717, 1.165) is 0 Å². The van der Waals surface area contributed by atoms with Gasteiger partial charge in [-0.2, -0.15) is 0 Å². The minimum absolute atomic E-state index is 0.193. The summed E-state index contributed by atoms with van der Waals surface area (Å²) in [5.41, 5.74) is -0.548. The van der Waals surface area contributed by atoms with Crippen molar-refractivity contribution in [2.24, 2.45) is 11.8 Å². The van der Waals surface area contributed by atoms with Crippen LogP contribution in [0.15, 0.2) is 36.9 Å². The van der Waals surface area contributed by atoms with Crippen LogP contribution >= 0.6 is 11.6 Å². The molecule has 1 aromatic carbocycles. The van der Waals surface area contributed by atoms with Crippen LogP contribution in [0.3, 0.4) is 0 Å². The van der Waals surface area contributed by atoms with E-state index >= 15 is 0 Å². The molecule has 9 heteroatoms. The molecule has 3 aliphatic heterocycles. The Morgan fingerprint density at radius 1 is 1.42 bits per heavy atom. The smallest absolute Gasteiger partial charge is 0.312 e. The van der Waals surface area contributed by atoms with Gasteiger partial charge < -0.3 is 24.4 Å². The van der Waals surface area contributed by atoms with E-state index < -0.39 is 41.6 Å². The predicted molar refractivity (Wildman–Crippen MR) is 122 cm³/mol. The molecular weight excluding hydrogens is 448 g/mol. The second-order valence-corrected chi connectivity index (χ2v) is 9.24. The van der Waals surface area contributed by atoms with Gasteiger partial charge in [0, 0.05) is 17.3 Å². The summed E-state index contributed by atoms with van der Waals surface area (Å²) in [4.78, 5) is 43.5. The first-order chi connectivity index (χ1) is 15.8. The summed E-state index contributed by atoms with van der Waals surface area (Å²) in [6, 6.07) is 5.20. The van der Waals surface area contributed by atoms with Crippen LogP contribution in [0.1, 0.15) is 26.7 Å². The standard InChI is InChI=1S/C24H29ClN2O6/c1-4-12-26(16-8-6-15(25)7-9-16)22(30)20-24-11-10-17(33-24)18(23(31)32-5-2)19(24)21(29)27(20)14(3)13-28/h4,6-9,14,17-20,28H,1,5,10-13H2,2-3H3/t14-,17+,18-,19-,20+,24-/m1/s1. The zero-order chi connectivity index (χ0) is 23.9. The number of aliphatic hydroxyl groups excluding tert-OH is 1. The number of amides is 2. The lowest BCUT2D eigenvalue weighted by Gasteiger charge is -2.38. The maximum atomic E-state index is 14.1. The van der Waals surface area contributed by atoms with Crippen LogP contribution < -0.4 is 4.90 Å². The van der Waals surface area contributed by atoms with Gasteiger partial charge in [0.1, 0.15) is 11.6 Å². The Balaban J connectivity index is 1.78. The van der Waals surface area contributed by atoms with Crippen molar-refractivity contribution >= 4 is 35.1 Å². The van der Waals surface area contributed by atoms with Gasteiger partial charge in [-0.1, -0.05) is 17.7 Å². The molecule has 1 spiro atoms. The largest absolute Gasteiger partial charge is 0.466 e. The normalized spacial score (nSPS) is 30.8. The zero-order valence-electron chi connectivity index (χ0n) is 18.8. The molecule has 0 aliphatic carbocycles. The second-order valence-electron chi connectivity index (χ2n) is 8.80. The summed E-state index contributed by atoms with van der Waals surface area (Å²) < 4.78 is 11.6. The molecule has 3 saturated heterocycles. The number of esters is 1. The fraction of sp³-hybridized carbons (Fsp3) is 0.542. The Labute approximate surface area is 198 Å². The number of carbonyl (C=O) groups excluding carboxylic acids is 3. The molecule has 0 saturated carbocycles. The number of fused-ring (bicyclic) bond motifs is 1.